The molecule has 0 unspecified atom stereocenters. The van der Waals surface area contributed by atoms with E-state index in [1.807, 2.05) is 0 Å². The van der Waals surface area contributed by atoms with E-state index in [-0.39, 0.29) is 18.0 Å². The largest absolute Gasteiger partial charge is 0.497 e. The highest BCUT2D eigenvalue weighted by molar-refractivity contribution is 7.17. The van der Waals surface area contributed by atoms with E-state index in [1.54, 1.807) is 40.6 Å². The van der Waals surface area contributed by atoms with Crippen LogP contribution >= 0.6 is 11.3 Å². The number of nitrogens with zero attached hydrogens (tertiary/aromatic N) is 3. The van der Waals surface area contributed by atoms with Gasteiger partial charge in [0.25, 0.3) is 5.56 Å². The third-order valence-electron chi connectivity index (χ3n) is 4.82. The summed E-state index contributed by atoms with van der Waals surface area (Å²) in [7, 11) is 1.53. The van der Waals surface area contributed by atoms with Crippen molar-refractivity contribution >= 4 is 27.5 Å². The smallest absolute Gasteiger partial charge is 0.336 e. The molecule has 27 heavy (non-hydrogen) atoms. The first kappa shape index (κ1) is 17.5. The molecule has 0 saturated carbocycles. The third-order valence-corrected chi connectivity index (χ3v) is 5.71. The maximum absolute atomic E-state index is 13.2. The van der Waals surface area contributed by atoms with E-state index in [0.29, 0.717) is 21.7 Å². The van der Waals surface area contributed by atoms with Crippen LogP contribution in [-0.4, -0.2) is 40.1 Å². The van der Waals surface area contributed by atoms with Crippen molar-refractivity contribution in [3.05, 3.63) is 56.5 Å². The summed E-state index contributed by atoms with van der Waals surface area (Å²) in [6.45, 7) is 1.36. The zero-order chi connectivity index (χ0) is 19.0. The summed E-state index contributed by atoms with van der Waals surface area (Å²) in [5.41, 5.74) is 0.0125. The number of carbonyl (C=O) groups is 1. The number of hydrogen-bond donors (Lipinski definition) is 0. The van der Waals surface area contributed by atoms with Crippen molar-refractivity contribution in [1.29, 1.82) is 0 Å². The molecule has 7 nitrogen and oxygen atoms in total. The van der Waals surface area contributed by atoms with Gasteiger partial charge in [0.05, 0.1) is 18.3 Å². The number of thiophene rings is 1. The zero-order valence-electron chi connectivity index (χ0n) is 14.9. The average Bonchev–Trinajstić information content (AvgIpc) is 3.37. The van der Waals surface area contributed by atoms with Crippen LogP contribution in [0.4, 0.5) is 0 Å². The van der Waals surface area contributed by atoms with Crippen molar-refractivity contribution < 1.29 is 9.53 Å². The number of aromatic nitrogens is 2. The van der Waals surface area contributed by atoms with Crippen LogP contribution < -0.4 is 16.0 Å². The second-order valence-corrected chi connectivity index (χ2v) is 7.35. The quantitative estimate of drug-likeness (QED) is 0.687. The molecule has 0 N–H and O–H groups in total. The van der Waals surface area contributed by atoms with Crippen LogP contribution in [0.25, 0.3) is 15.9 Å². The van der Waals surface area contributed by atoms with Gasteiger partial charge in [-0.3, -0.25) is 14.2 Å². The highest BCUT2D eigenvalue weighted by Gasteiger charge is 2.22. The van der Waals surface area contributed by atoms with E-state index in [1.165, 1.54) is 23.0 Å². The highest BCUT2D eigenvalue weighted by Crippen LogP contribution is 2.19. The van der Waals surface area contributed by atoms with Crippen molar-refractivity contribution in [1.82, 2.24) is 14.0 Å². The Morgan fingerprint density at radius 2 is 1.96 bits per heavy atom. The number of likely N-dealkylation sites (tertiary alicyclic amines) is 1. The topological polar surface area (TPSA) is 73.5 Å². The summed E-state index contributed by atoms with van der Waals surface area (Å²) in [5.74, 6) is 0.447. The molecular weight excluding hydrogens is 366 g/mol. The van der Waals surface area contributed by atoms with Gasteiger partial charge in [-0.25, -0.2) is 9.36 Å². The molecule has 1 aliphatic rings. The van der Waals surface area contributed by atoms with E-state index in [2.05, 4.69) is 0 Å². The van der Waals surface area contributed by atoms with Crippen LogP contribution in [0.15, 0.2) is 45.3 Å². The second-order valence-electron chi connectivity index (χ2n) is 6.43. The van der Waals surface area contributed by atoms with Gasteiger partial charge in [0, 0.05) is 19.2 Å². The highest BCUT2D eigenvalue weighted by atomic mass is 32.1. The minimum absolute atomic E-state index is 0.0731. The molecule has 0 aliphatic carbocycles. The number of ether oxygens (including phenoxy) is 1. The summed E-state index contributed by atoms with van der Waals surface area (Å²) in [6.07, 6.45) is 1.97. The maximum atomic E-state index is 13.2. The number of methoxy groups -OCH3 is 1. The molecule has 1 aliphatic heterocycles. The van der Waals surface area contributed by atoms with Gasteiger partial charge in [-0.15, -0.1) is 11.3 Å². The molecule has 1 saturated heterocycles. The standard InChI is InChI=1S/C19H19N3O4S/c1-26-14-6-4-5-13(11-14)22-18(24)17-15(7-10-27-17)21(19(22)25)12-16(23)20-8-2-3-9-20/h4-7,10-11H,2-3,8-9,12H2,1H3. The monoisotopic (exact) mass is 385 g/mol. The van der Waals surface area contributed by atoms with Gasteiger partial charge in [-0.05, 0) is 36.4 Å². The lowest BCUT2D eigenvalue weighted by atomic mass is 10.3. The third kappa shape index (κ3) is 3.06. The maximum Gasteiger partial charge on any atom is 0.336 e. The van der Waals surface area contributed by atoms with E-state index in [0.717, 1.165) is 30.5 Å². The lowest BCUT2D eigenvalue weighted by molar-refractivity contribution is -0.130. The van der Waals surface area contributed by atoms with E-state index >= 15 is 0 Å². The average molecular weight is 385 g/mol. The SMILES string of the molecule is COc1cccc(-n2c(=O)c3sccc3n(CC(=O)N3CCCC3)c2=O)c1. The van der Waals surface area contributed by atoms with Crippen LogP contribution in [0.1, 0.15) is 12.8 Å². The number of amides is 1. The predicted molar refractivity (Wildman–Crippen MR) is 104 cm³/mol. The van der Waals surface area contributed by atoms with Gasteiger partial charge in [0.2, 0.25) is 5.91 Å². The van der Waals surface area contributed by atoms with Gasteiger partial charge in [-0.1, -0.05) is 6.07 Å². The van der Waals surface area contributed by atoms with E-state index < -0.39 is 5.69 Å². The summed E-state index contributed by atoms with van der Waals surface area (Å²) >= 11 is 1.27. The Morgan fingerprint density at radius 3 is 2.70 bits per heavy atom. The van der Waals surface area contributed by atoms with Crippen molar-refractivity contribution in [2.75, 3.05) is 20.2 Å². The van der Waals surface area contributed by atoms with Gasteiger partial charge in [-0.2, -0.15) is 0 Å². The number of carbonyl (C=O) groups excluding carboxylic acids is 1. The number of benzene rings is 1. The summed E-state index contributed by atoms with van der Waals surface area (Å²) < 4.78 is 8.16. The summed E-state index contributed by atoms with van der Waals surface area (Å²) in [4.78, 5) is 40.5. The molecule has 4 rings (SSSR count). The first-order chi connectivity index (χ1) is 13.1. The van der Waals surface area contributed by atoms with Crippen LogP contribution in [0, 0.1) is 0 Å². The number of fused-ring (bicyclic) bond motifs is 1. The molecular formula is C19H19N3O4S. The Bertz CT molecular complexity index is 1120. The second kappa shape index (κ2) is 7.03. The molecule has 140 valence electrons. The molecule has 1 amide bonds. The van der Waals surface area contributed by atoms with Crippen LogP contribution in [0.2, 0.25) is 0 Å². The van der Waals surface area contributed by atoms with Crippen molar-refractivity contribution in [2.24, 2.45) is 0 Å². The van der Waals surface area contributed by atoms with Gasteiger partial charge >= 0.3 is 5.69 Å². The molecule has 1 fully saturated rings. The Morgan fingerprint density at radius 1 is 1.19 bits per heavy atom. The first-order valence-corrected chi connectivity index (χ1v) is 9.63. The molecule has 2 aromatic heterocycles. The fourth-order valence-corrected chi connectivity index (χ4v) is 4.24. The van der Waals surface area contributed by atoms with Crippen molar-refractivity contribution in [2.45, 2.75) is 19.4 Å². The minimum atomic E-state index is -0.522. The van der Waals surface area contributed by atoms with Crippen LogP contribution in [0.5, 0.6) is 5.75 Å². The van der Waals surface area contributed by atoms with Crippen LogP contribution in [-0.2, 0) is 11.3 Å². The number of hydrogen-bond acceptors (Lipinski definition) is 5. The van der Waals surface area contributed by atoms with Crippen molar-refractivity contribution in [3.63, 3.8) is 0 Å². The molecule has 0 atom stereocenters. The molecule has 3 aromatic rings. The number of rotatable bonds is 4. The summed E-state index contributed by atoms with van der Waals surface area (Å²) in [5, 5.41) is 1.76. The molecule has 0 bridgehead atoms. The lowest BCUT2D eigenvalue weighted by Crippen LogP contribution is -2.42. The van der Waals surface area contributed by atoms with Gasteiger partial charge in [0.15, 0.2) is 0 Å². The molecule has 0 spiro atoms. The van der Waals surface area contributed by atoms with Gasteiger partial charge in [0.1, 0.15) is 17.0 Å². The fourth-order valence-electron chi connectivity index (χ4n) is 3.42. The first-order valence-electron chi connectivity index (χ1n) is 8.75. The Balaban J connectivity index is 1.88. The Kier molecular flexibility index (Phi) is 4.57. The lowest BCUT2D eigenvalue weighted by Gasteiger charge is -2.17. The Labute approximate surface area is 159 Å². The molecule has 8 heteroatoms. The normalized spacial score (nSPS) is 14.0. The minimum Gasteiger partial charge on any atom is -0.497 e. The van der Waals surface area contributed by atoms with Crippen molar-refractivity contribution in [3.8, 4) is 11.4 Å². The fraction of sp³-hybridized carbons (Fsp3) is 0.316. The molecule has 1 aromatic carbocycles. The Hall–Kier alpha value is -2.87. The van der Waals surface area contributed by atoms with E-state index in [9.17, 15) is 14.4 Å². The van der Waals surface area contributed by atoms with E-state index in [4.69, 9.17) is 4.74 Å². The zero-order valence-corrected chi connectivity index (χ0v) is 15.7. The predicted octanol–water partition coefficient (Wildman–Crippen LogP) is 1.84. The summed E-state index contributed by atoms with van der Waals surface area (Å²) in [6, 6.07) is 8.49. The molecule has 0 radical (unpaired) electrons. The van der Waals surface area contributed by atoms with Crippen LogP contribution in [0.3, 0.4) is 0 Å². The van der Waals surface area contributed by atoms with Gasteiger partial charge < -0.3 is 9.64 Å². The molecule has 3 heterocycles.